The Morgan fingerprint density at radius 3 is 2.39 bits per heavy atom. The average molecular weight is 429 g/mol. The summed E-state index contributed by atoms with van der Waals surface area (Å²) < 4.78 is 40.8. The monoisotopic (exact) mass is 429 g/mol. The molecule has 2 heterocycles. The van der Waals surface area contributed by atoms with Gasteiger partial charge in [-0.25, -0.2) is 4.68 Å². The SMILES string of the molecule is Cc1ccccc1CN1CCN(C(=O)c2cn(-c3ccccc3C(F)(F)F)nn2)CC1. The molecule has 0 atom stereocenters. The van der Waals surface area contributed by atoms with Crippen LogP contribution in [-0.2, 0) is 12.7 Å². The van der Waals surface area contributed by atoms with Crippen molar-refractivity contribution in [1.82, 2.24) is 24.8 Å². The Bertz CT molecular complexity index is 1070. The number of carbonyl (C=O) groups is 1. The van der Waals surface area contributed by atoms with Crippen LogP contribution in [0.5, 0.6) is 0 Å². The lowest BCUT2D eigenvalue weighted by atomic mass is 10.1. The van der Waals surface area contributed by atoms with Crippen LogP contribution in [0, 0.1) is 6.92 Å². The largest absolute Gasteiger partial charge is 0.418 e. The van der Waals surface area contributed by atoms with Gasteiger partial charge in [-0.2, -0.15) is 13.2 Å². The van der Waals surface area contributed by atoms with E-state index >= 15 is 0 Å². The molecule has 1 aliphatic heterocycles. The van der Waals surface area contributed by atoms with E-state index < -0.39 is 11.7 Å². The lowest BCUT2D eigenvalue weighted by molar-refractivity contribution is -0.137. The van der Waals surface area contributed by atoms with Crippen molar-refractivity contribution in [3.8, 4) is 5.69 Å². The molecule has 31 heavy (non-hydrogen) atoms. The van der Waals surface area contributed by atoms with Gasteiger partial charge >= 0.3 is 6.18 Å². The highest BCUT2D eigenvalue weighted by atomic mass is 19.4. The van der Waals surface area contributed by atoms with Crippen LogP contribution < -0.4 is 0 Å². The lowest BCUT2D eigenvalue weighted by Crippen LogP contribution is -2.48. The highest BCUT2D eigenvalue weighted by Gasteiger charge is 2.34. The Kier molecular flexibility index (Phi) is 5.77. The van der Waals surface area contributed by atoms with Crippen LogP contribution in [0.1, 0.15) is 27.2 Å². The van der Waals surface area contributed by atoms with E-state index in [2.05, 4.69) is 34.3 Å². The van der Waals surface area contributed by atoms with Gasteiger partial charge < -0.3 is 4.90 Å². The minimum absolute atomic E-state index is 0.0318. The van der Waals surface area contributed by atoms with Gasteiger partial charge in [0.25, 0.3) is 5.91 Å². The van der Waals surface area contributed by atoms with Crippen molar-refractivity contribution in [3.05, 3.63) is 77.1 Å². The third-order valence-corrected chi connectivity index (χ3v) is 5.48. The number of nitrogens with zero attached hydrogens (tertiary/aromatic N) is 5. The van der Waals surface area contributed by atoms with Crippen molar-refractivity contribution >= 4 is 5.91 Å². The summed E-state index contributed by atoms with van der Waals surface area (Å²) in [6.45, 7) is 5.37. The number of amides is 1. The minimum Gasteiger partial charge on any atom is -0.335 e. The summed E-state index contributed by atoms with van der Waals surface area (Å²) in [6, 6.07) is 13.3. The van der Waals surface area contributed by atoms with Gasteiger partial charge in [0.15, 0.2) is 5.69 Å². The number of hydrogen-bond donors (Lipinski definition) is 0. The van der Waals surface area contributed by atoms with Gasteiger partial charge in [0, 0.05) is 32.7 Å². The number of piperazine rings is 1. The fraction of sp³-hybridized carbons (Fsp3) is 0.318. The zero-order chi connectivity index (χ0) is 22.0. The number of benzene rings is 2. The number of hydrogen-bond acceptors (Lipinski definition) is 4. The van der Waals surface area contributed by atoms with Gasteiger partial charge in [-0.1, -0.05) is 41.6 Å². The molecule has 4 rings (SSSR count). The summed E-state index contributed by atoms with van der Waals surface area (Å²) >= 11 is 0. The molecule has 0 aliphatic carbocycles. The minimum atomic E-state index is -4.53. The van der Waals surface area contributed by atoms with Crippen LogP contribution in [0.4, 0.5) is 13.2 Å². The quantitative estimate of drug-likeness (QED) is 0.637. The second-order valence-corrected chi connectivity index (χ2v) is 7.56. The zero-order valence-electron chi connectivity index (χ0n) is 17.0. The summed E-state index contributed by atoms with van der Waals surface area (Å²) in [5.41, 5.74) is 1.53. The Morgan fingerprint density at radius 2 is 1.68 bits per heavy atom. The number of aryl methyl sites for hydroxylation is 1. The van der Waals surface area contributed by atoms with Gasteiger partial charge in [-0.3, -0.25) is 9.69 Å². The van der Waals surface area contributed by atoms with Crippen molar-refractivity contribution in [2.45, 2.75) is 19.6 Å². The molecule has 1 fully saturated rings. The van der Waals surface area contributed by atoms with E-state index in [4.69, 9.17) is 0 Å². The predicted octanol–water partition coefficient (Wildman–Crippen LogP) is 3.55. The normalized spacial score (nSPS) is 15.3. The smallest absolute Gasteiger partial charge is 0.335 e. The lowest BCUT2D eigenvalue weighted by Gasteiger charge is -2.34. The molecule has 2 aromatic carbocycles. The first-order valence-corrected chi connectivity index (χ1v) is 9.98. The maximum absolute atomic E-state index is 13.3. The Balaban J connectivity index is 1.42. The average Bonchev–Trinajstić information content (AvgIpc) is 3.25. The highest BCUT2D eigenvalue weighted by molar-refractivity contribution is 5.92. The first-order chi connectivity index (χ1) is 14.8. The second-order valence-electron chi connectivity index (χ2n) is 7.56. The number of para-hydroxylation sites is 1. The third kappa shape index (κ3) is 4.61. The number of halogens is 3. The van der Waals surface area contributed by atoms with E-state index in [1.165, 1.54) is 35.5 Å². The van der Waals surface area contributed by atoms with Crippen LogP contribution >= 0.6 is 0 Å². The fourth-order valence-electron chi connectivity index (χ4n) is 3.69. The molecule has 0 N–H and O–H groups in total. The molecule has 0 bridgehead atoms. The Labute approximate surface area is 177 Å². The first kappa shape index (κ1) is 21.0. The van der Waals surface area contributed by atoms with Gasteiger partial charge in [0.2, 0.25) is 0 Å². The topological polar surface area (TPSA) is 54.3 Å². The van der Waals surface area contributed by atoms with Crippen LogP contribution in [-0.4, -0.2) is 56.9 Å². The molecule has 0 spiro atoms. The zero-order valence-corrected chi connectivity index (χ0v) is 17.0. The highest BCUT2D eigenvalue weighted by Crippen LogP contribution is 2.33. The molecule has 162 valence electrons. The molecular formula is C22H22F3N5O. The number of aromatic nitrogens is 3. The summed E-state index contributed by atoms with van der Waals surface area (Å²) in [4.78, 5) is 16.8. The van der Waals surface area contributed by atoms with Gasteiger partial charge in [-0.05, 0) is 30.2 Å². The molecule has 9 heteroatoms. The fourth-order valence-corrected chi connectivity index (χ4v) is 3.69. The molecule has 1 amide bonds. The molecule has 3 aromatic rings. The van der Waals surface area contributed by atoms with Gasteiger partial charge in [-0.15, -0.1) is 5.10 Å². The summed E-state index contributed by atoms with van der Waals surface area (Å²) in [5, 5.41) is 7.60. The van der Waals surface area contributed by atoms with E-state index in [-0.39, 0.29) is 17.3 Å². The molecule has 0 saturated carbocycles. The van der Waals surface area contributed by atoms with Crippen molar-refractivity contribution < 1.29 is 18.0 Å². The van der Waals surface area contributed by atoms with Crippen LogP contribution in [0.3, 0.4) is 0 Å². The number of alkyl halides is 3. The van der Waals surface area contributed by atoms with Crippen LogP contribution in [0.25, 0.3) is 5.69 Å². The van der Waals surface area contributed by atoms with Crippen LogP contribution in [0.2, 0.25) is 0 Å². The van der Waals surface area contributed by atoms with Gasteiger partial charge in [0.1, 0.15) is 0 Å². The number of rotatable bonds is 4. The van der Waals surface area contributed by atoms with Crippen molar-refractivity contribution in [1.29, 1.82) is 0 Å². The third-order valence-electron chi connectivity index (χ3n) is 5.48. The van der Waals surface area contributed by atoms with Crippen molar-refractivity contribution in [2.24, 2.45) is 0 Å². The summed E-state index contributed by atoms with van der Waals surface area (Å²) in [5.74, 6) is -0.328. The number of carbonyl (C=O) groups excluding carboxylic acids is 1. The maximum Gasteiger partial charge on any atom is 0.418 e. The first-order valence-electron chi connectivity index (χ1n) is 9.98. The van der Waals surface area contributed by atoms with Crippen LogP contribution in [0.15, 0.2) is 54.7 Å². The second kappa shape index (κ2) is 8.50. The van der Waals surface area contributed by atoms with Gasteiger partial charge in [0.05, 0.1) is 17.4 Å². The van der Waals surface area contributed by atoms with E-state index in [1.54, 1.807) is 4.90 Å². The molecular weight excluding hydrogens is 407 g/mol. The molecule has 0 radical (unpaired) electrons. The molecule has 1 saturated heterocycles. The van der Waals surface area contributed by atoms with E-state index in [0.29, 0.717) is 26.2 Å². The van der Waals surface area contributed by atoms with E-state index in [1.807, 2.05) is 12.1 Å². The molecule has 6 nitrogen and oxygen atoms in total. The standard InChI is InChI=1S/C22H22F3N5O/c1-16-6-2-3-7-17(16)14-28-10-12-29(13-11-28)21(31)19-15-30(27-26-19)20-9-5-4-8-18(20)22(23,24)25/h2-9,15H,10-14H2,1H3. The van der Waals surface area contributed by atoms with E-state index in [9.17, 15) is 18.0 Å². The molecule has 0 unspecified atom stereocenters. The molecule has 1 aromatic heterocycles. The maximum atomic E-state index is 13.3. The molecule has 1 aliphatic rings. The summed E-state index contributed by atoms with van der Waals surface area (Å²) in [7, 11) is 0. The summed E-state index contributed by atoms with van der Waals surface area (Å²) in [6.07, 6.45) is -3.27. The van der Waals surface area contributed by atoms with E-state index in [0.717, 1.165) is 17.3 Å². The predicted molar refractivity (Wildman–Crippen MR) is 109 cm³/mol. The van der Waals surface area contributed by atoms with Crippen molar-refractivity contribution in [2.75, 3.05) is 26.2 Å². The Morgan fingerprint density at radius 1 is 1.00 bits per heavy atom. The van der Waals surface area contributed by atoms with Crippen molar-refractivity contribution in [3.63, 3.8) is 0 Å². The Hall–Kier alpha value is -3.20.